The van der Waals surface area contributed by atoms with E-state index in [1.807, 2.05) is 48.5 Å². The fourth-order valence-electron chi connectivity index (χ4n) is 1.93. The van der Waals surface area contributed by atoms with Gasteiger partial charge in [0.15, 0.2) is 0 Å². The van der Waals surface area contributed by atoms with Crippen LogP contribution in [-0.4, -0.2) is 10.2 Å². The van der Waals surface area contributed by atoms with Crippen molar-refractivity contribution in [3.05, 3.63) is 72.1 Å². The van der Waals surface area contributed by atoms with E-state index in [-0.39, 0.29) is 0 Å². The number of nitrogens with one attached hydrogen (secondary N) is 1. The first-order valence-electron chi connectivity index (χ1n) is 6.54. The zero-order valence-electron chi connectivity index (χ0n) is 11.0. The molecule has 1 N–H and O–H groups in total. The number of hydrogen-bond acceptors (Lipinski definition) is 4. The maximum absolute atomic E-state index is 5.62. The minimum absolute atomic E-state index is 0.558. The maximum Gasteiger partial charge on any atom is 0.247 e. The third kappa shape index (κ3) is 3.10. The summed E-state index contributed by atoms with van der Waals surface area (Å²) < 4.78 is 5.62. The molecule has 0 radical (unpaired) electrons. The summed E-state index contributed by atoms with van der Waals surface area (Å²) in [6, 6.07) is 20.0. The van der Waals surface area contributed by atoms with Crippen molar-refractivity contribution in [2.24, 2.45) is 0 Å². The molecule has 100 valence electrons. The summed E-state index contributed by atoms with van der Waals surface area (Å²) in [4.78, 5) is 0. The molecule has 4 nitrogen and oxygen atoms in total. The molecule has 3 rings (SSSR count). The molecule has 1 aromatic heterocycles. The summed E-state index contributed by atoms with van der Waals surface area (Å²) >= 11 is 0. The molecule has 0 aliphatic carbocycles. The minimum atomic E-state index is 0.558. The number of nitrogens with zero attached hydrogens (tertiary/aromatic N) is 2. The zero-order valence-corrected chi connectivity index (χ0v) is 11.0. The predicted molar refractivity (Wildman–Crippen MR) is 76.7 cm³/mol. The highest BCUT2D eigenvalue weighted by Crippen LogP contribution is 2.16. The molecule has 0 saturated heterocycles. The van der Waals surface area contributed by atoms with Crippen molar-refractivity contribution in [2.75, 3.05) is 0 Å². The first-order valence-corrected chi connectivity index (χ1v) is 6.54. The van der Waals surface area contributed by atoms with Crippen LogP contribution in [0.1, 0.15) is 11.5 Å². The van der Waals surface area contributed by atoms with E-state index in [9.17, 15) is 0 Å². The lowest BCUT2D eigenvalue weighted by molar-refractivity contribution is 0.477. The lowest BCUT2D eigenvalue weighted by Gasteiger charge is -2.01. The molecule has 0 atom stereocenters. The van der Waals surface area contributed by atoms with Gasteiger partial charge in [-0.3, -0.25) is 0 Å². The van der Waals surface area contributed by atoms with Gasteiger partial charge in [0, 0.05) is 12.1 Å². The van der Waals surface area contributed by atoms with Crippen LogP contribution >= 0.6 is 0 Å². The molecular weight excluding hydrogens is 250 g/mol. The third-order valence-electron chi connectivity index (χ3n) is 2.94. The Morgan fingerprint density at radius 2 is 1.50 bits per heavy atom. The molecular formula is C16H15N3O. The largest absolute Gasteiger partial charge is 0.419 e. The van der Waals surface area contributed by atoms with E-state index in [1.54, 1.807) is 0 Å². The molecule has 0 bridgehead atoms. The van der Waals surface area contributed by atoms with Gasteiger partial charge in [-0.1, -0.05) is 48.5 Å². The standard InChI is InChI=1S/C16H15N3O/c1-3-7-13(8-4-1)11-17-12-15-18-19-16(20-15)14-9-5-2-6-10-14/h1-10,17H,11-12H2. The predicted octanol–water partition coefficient (Wildman–Crippen LogP) is 3.03. The lowest BCUT2D eigenvalue weighted by atomic mass is 10.2. The zero-order chi connectivity index (χ0) is 13.6. The van der Waals surface area contributed by atoms with Crippen LogP contribution in [0.4, 0.5) is 0 Å². The van der Waals surface area contributed by atoms with E-state index in [0.29, 0.717) is 18.3 Å². The highest BCUT2D eigenvalue weighted by Gasteiger charge is 2.07. The van der Waals surface area contributed by atoms with Crippen LogP contribution in [0.3, 0.4) is 0 Å². The van der Waals surface area contributed by atoms with Gasteiger partial charge in [-0.2, -0.15) is 0 Å². The van der Waals surface area contributed by atoms with Gasteiger partial charge < -0.3 is 9.73 Å². The molecule has 2 aromatic carbocycles. The lowest BCUT2D eigenvalue weighted by Crippen LogP contribution is -2.12. The van der Waals surface area contributed by atoms with Crippen molar-refractivity contribution >= 4 is 0 Å². The van der Waals surface area contributed by atoms with Gasteiger partial charge in [0.25, 0.3) is 0 Å². The van der Waals surface area contributed by atoms with Crippen molar-refractivity contribution in [3.63, 3.8) is 0 Å². The first-order chi connectivity index (χ1) is 9.92. The topological polar surface area (TPSA) is 51.0 Å². The molecule has 0 spiro atoms. The number of rotatable bonds is 5. The van der Waals surface area contributed by atoms with Gasteiger partial charge in [-0.15, -0.1) is 10.2 Å². The van der Waals surface area contributed by atoms with Gasteiger partial charge in [0.05, 0.1) is 6.54 Å². The van der Waals surface area contributed by atoms with Crippen molar-refractivity contribution in [2.45, 2.75) is 13.1 Å². The fraction of sp³-hybridized carbons (Fsp3) is 0.125. The Morgan fingerprint density at radius 1 is 0.800 bits per heavy atom. The van der Waals surface area contributed by atoms with E-state index in [1.165, 1.54) is 5.56 Å². The molecule has 20 heavy (non-hydrogen) atoms. The van der Waals surface area contributed by atoms with Gasteiger partial charge in [0.2, 0.25) is 11.8 Å². The van der Waals surface area contributed by atoms with Gasteiger partial charge >= 0.3 is 0 Å². The Balaban J connectivity index is 1.58. The Kier molecular flexibility index (Phi) is 3.85. The molecule has 0 amide bonds. The van der Waals surface area contributed by atoms with Crippen LogP contribution in [0.5, 0.6) is 0 Å². The summed E-state index contributed by atoms with van der Waals surface area (Å²) in [7, 11) is 0. The number of aromatic nitrogens is 2. The second kappa shape index (κ2) is 6.12. The highest BCUT2D eigenvalue weighted by atomic mass is 16.4. The van der Waals surface area contributed by atoms with Crippen molar-refractivity contribution in [1.29, 1.82) is 0 Å². The van der Waals surface area contributed by atoms with Crippen molar-refractivity contribution in [1.82, 2.24) is 15.5 Å². The second-order valence-electron chi connectivity index (χ2n) is 4.46. The van der Waals surface area contributed by atoms with Crippen LogP contribution in [0.25, 0.3) is 11.5 Å². The quantitative estimate of drug-likeness (QED) is 0.770. The Hall–Kier alpha value is -2.46. The monoisotopic (exact) mass is 265 g/mol. The van der Waals surface area contributed by atoms with Crippen LogP contribution in [-0.2, 0) is 13.1 Å². The SMILES string of the molecule is c1ccc(CNCc2nnc(-c3ccccc3)o2)cc1. The van der Waals surface area contributed by atoms with E-state index < -0.39 is 0 Å². The van der Waals surface area contributed by atoms with Crippen LogP contribution in [0.2, 0.25) is 0 Å². The maximum atomic E-state index is 5.62. The summed E-state index contributed by atoms with van der Waals surface area (Å²) in [5.41, 5.74) is 2.17. The average Bonchev–Trinajstić information content (AvgIpc) is 2.98. The molecule has 3 aromatic rings. The number of benzene rings is 2. The molecule has 0 fully saturated rings. The molecule has 0 saturated carbocycles. The molecule has 0 unspecified atom stereocenters. The smallest absolute Gasteiger partial charge is 0.247 e. The molecule has 4 heteroatoms. The molecule has 0 aliphatic heterocycles. The van der Waals surface area contributed by atoms with Crippen LogP contribution in [0, 0.1) is 0 Å². The normalized spacial score (nSPS) is 10.6. The number of hydrogen-bond donors (Lipinski definition) is 1. The van der Waals surface area contributed by atoms with Crippen molar-refractivity contribution < 1.29 is 4.42 Å². The summed E-state index contributed by atoms with van der Waals surface area (Å²) in [5, 5.41) is 11.4. The van der Waals surface area contributed by atoms with Crippen molar-refractivity contribution in [3.8, 4) is 11.5 Å². The van der Waals surface area contributed by atoms with E-state index in [0.717, 1.165) is 12.1 Å². The Labute approximate surface area is 117 Å². The third-order valence-corrected chi connectivity index (χ3v) is 2.94. The average molecular weight is 265 g/mol. The summed E-state index contributed by atoms with van der Waals surface area (Å²) in [6.45, 7) is 1.35. The van der Waals surface area contributed by atoms with Gasteiger partial charge in [-0.05, 0) is 17.7 Å². The van der Waals surface area contributed by atoms with Crippen LogP contribution in [0.15, 0.2) is 65.1 Å². The molecule has 0 aliphatic rings. The second-order valence-corrected chi connectivity index (χ2v) is 4.46. The van der Waals surface area contributed by atoms with Gasteiger partial charge in [0.1, 0.15) is 0 Å². The summed E-state index contributed by atoms with van der Waals surface area (Å²) in [6.07, 6.45) is 0. The highest BCUT2D eigenvalue weighted by molar-refractivity contribution is 5.51. The molecule has 1 heterocycles. The minimum Gasteiger partial charge on any atom is -0.419 e. The van der Waals surface area contributed by atoms with E-state index >= 15 is 0 Å². The van der Waals surface area contributed by atoms with E-state index in [4.69, 9.17) is 4.42 Å². The fourth-order valence-corrected chi connectivity index (χ4v) is 1.93. The first kappa shape index (κ1) is 12.6. The Morgan fingerprint density at radius 3 is 2.25 bits per heavy atom. The van der Waals surface area contributed by atoms with E-state index in [2.05, 4.69) is 27.6 Å². The van der Waals surface area contributed by atoms with Gasteiger partial charge in [-0.25, -0.2) is 0 Å². The Bertz CT molecular complexity index is 650. The summed E-state index contributed by atoms with van der Waals surface area (Å²) in [5.74, 6) is 1.15. The van der Waals surface area contributed by atoms with Crippen LogP contribution < -0.4 is 5.32 Å².